The SMILES string of the molecule is CCc1ccc(OCc2c(OC(=O)OC)cccc2SC)c(F)c1. The molecule has 0 N–H and O–H groups in total. The highest BCUT2D eigenvalue weighted by molar-refractivity contribution is 7.98. The van der Waals surface area contributed by atoms with Gasteiger partial charge in [0.1, 0.15) is 12.4 Å². The summed E-state index contributed by atoms with van der Waals surface area (Å²) in [5, 5.41) is 0. The second-order valence-electron chi connectivity index (χ2n) is 4.90. The molecule has 4 nitrogen and oxygen atoms in total. The van der Waals surface area contributed by atoms with Gasteiger partial charge >= 0.3 is 6.16 Å². The van der Waals surface area contributed by atoms with Crippen LogP contribution in [-0.4, -0.2) is 19.5 Å². The van der Waals surface area contributed by atoms with Crippen molar-refractivity contribution in [3.05, 3.63) is 53.3 Å². The van der Waals surface area contributed by atoms with E-state index in [1.165, 1.54) is 24.9 Å². The maximum Gasteiger partial charge on any atom is 0.513 e. The number of carbonyl (C=O) groups excluding carboxylic acids is 1. The maximum absolute atomic E-state index is 14.1. The van der Waals surface area contributed by atoms with Gasteiger partial charge in [0.2, 0.25) is 0 Å². The van der Waals surface area contributed by atoms with Crippen LogP contribution in [-0.2, 0) is 17.8 Å². The normalized spacial score (nSPS) is 10.3. The fraction of sp³-hybridized carbons (Fsp3) is 0.278. The Bertz CT molecular complexity index is 718. The molecule has 0 bridgehead atoms. The smallest absolute Gasteiger partial charge is 0.486 e. The monoisotopic (exact) mass is 350 g/mol. The zero-order valence-corrected chi connectivity index (χ0v) is 14.6. The molecule has 0 amide bonds. The Kier molecular flexibility index (Phi) is 6.49. The number of ether oxygens (including phenoxy) is 3. The highest BCUT2D eigenvalue weighted by Gasteiger charge is 2.15. The molecule has 0 fully saturated rings. The molecule has 0 saturated carbocycles. The number of hydrogen-bond donors (Lipinski definition) is 0. The summed E-state index contributed by atoms with van der Waals surface area (Å²) in [5.41, 5.74) is 1.56. The van der Waals surface area contributed by atoms with E-state index in [2.05, 4.69) is 4.74 Å². The molecule has 0 spiro atoms. The van der Waals surface area contributed by atoms with E-state index >= 15 is 0 Å². The van der Waals surface area contributed by atoms with Crippen LogP contribution < -0.4 is 9.47 Å². The van der Waals surface area contributed by atoms with Crippen molar-refractivity contribution in [2.75, 3.05) is 13.4 Å². The predicted octanol–water partition coefficient (Wildman–Crippen LogP) is 4.83. The Labute approximate surface area is 144 Å². The standard InChI is InChI=1S/C18H19FO4S/c1-4-12-8-9-16(14(19)10-12)22-11-13-15(23-18(20)21-2)6-5-7-17(13)24-3/h5-10H,4,11H2,1-3H3. The predicted molar refractivity (Wildman–Crippen MR) is 91.4 cm³/mol. The number of carbonyl (C=O) groups is 1. The van der Waals surface area contributed by atoms with Gasteiger partial charge in [-0.3, -0.25) is 0 Å². The minimum absolute atomic E-state index is 0.0751. The van der Waals surface area contributed by atoms with E-state index in [1.807, 2.05) is 25.3 Å². The van der Waals surface area contributed by atoms with Gasteiger partial charge in [0.05, 0.1) is 7.11 Å². The zero-order chi connectivity index (χ0) is 17.5. The van der Waals surface area contributed by atoms with Crippen LogP contribution in [0.4, 0.5) is 9.18 Å². The number of aryl methyl sites for hydroxylation is 1. The highest BCUT2D eigenvalue weighted by Crippen LogP contribution is 2.31. The van der Waals surface area contributed by atoms with E-state index < -0.39 is 12.0 Å². The Balaban J connectivity index is 2.23. The first-order valence-electron chi connectivity index (χ1n) is 7.42. The van der Waals surface area contributed by atoms with Gasteiger partial charge in [0.25, 0.3) is 0 Å². The summed E-state index contributed by atoms with van der Waals surface area (Å²) in [6, 6.07) is 10.2. The Hall–Kier alpha value is -2.21. The minimum atomic E-state index is -0.812. The molecule has 2 aromatic carbocycles. The first kappa shape index (κ1) is 18.1. The lowest BCUT2D eigenvalue weighted by atomic mass is 10.1. The second-order valence-corrected chi connectivity index (χ2v) is 5.75. The van der Waals surface area contributed by atoms with Crippen molar-refractivity contribution in [1.29, 1.82) is 0 Å². The molecule has 0 saturated heterocycles. The molecule has 0 heterocycles. The highest BCUT2D eigenvalue weighted by atomic mass is 32.2. The van der Waals surface area contributed by atoms with Crippen LogP contribution in [0.2, 0.25) is 0 Å². The van der Waals surface area contributed by atoms with Crippen LogP contribution in [0.15, 0.2) is 41.3 Å². The van der Waals surface area contributed by atoms with Crippen molar-refractivity contribution in [3.63, 3.8) is 0 Å². The average Bonchev–Trinajstić information content (AvgIpc) is 2.60. The molecule has 2 rings (SSSR count). The van der Waals surface area contributed by atoms with Crippen molar-refractivity contribution in [1.82, 2.24) is 0 Å². The van der Waals surface area contributed by atoms with Crippen LogP contribution in [0.25, 0.3) is 0 Å². The number of rotatable bonds is 6. The quantitative estimate of drug-likeness (QED) is 0.424. The number of halogens is 1. The van der Waals surface area contributed by atoms with Gasteiger partial charge in [-0.25, -0.2) is 9.18 Å². The number of methoxy groups -OCH3 is 1. The molecule has 0 unspecified atom stereocenters. The number of benzene rings is 2. The Morgan fingerprint density at radius 3 is 2.62 bits per heavy atom. The summed E-state index contributed by atoms with van der Waals surface area (Å²) >= 11 is 1.48. The third kappa shape index (κ3) is 4.41. The fourth-order valence-corrected chi connectivity index (χ4v) is 2.76. The van der Waals surface area contributed by atoms with Gasteiger partial charge in [0, 0.05) is 10.5 Å². The molecule has 24 heavy (non-hydrogen) atoms. The Morgan fingerprint density at radius 1 is 1.21 bits per heavy atom. The lowest BCUT2D eigenvalue weighted by Crippen LogP contribution is -2.10. The van der Waals surface area contributed by atoms with Gasteiger partial charge in [0.15, 0.2) is 11.6 Å². The first-order valence-corrected chi connectivity index (χ1v) is 8.64. The van der Waals surface area contributed by atoms with Crippen molar-refractivity contribution < 1.29 is 23.4 Å². The van der Waals surface area contributed by atoms with Crippen LogP contribution in [0.3, 0.4) is 0 Å². The van der Waals surface area contributed by atoms with Gasteiger partial charge in [-0.1, -0.05) is 19.1 Å². The average molecular weight is 350 g/mol. The van der Waals surface area contributed by atoms with Crippen molar-refractivity contribution in [3.8, 4) is 11.5 Å². The lowest BCUT2D eigenvalue weighted by molar-refractivity contribution is 0.120. The maximum atomic E-state index is 14.1. The first-order chi connectivity index (χ1) is 11.6. The van der Waals surface area contributed by atoms with Crippen molar-refractivity contribution >= 4 is 17.9 Å². The molecular formula is C18H19FO4S. The Morgan fingerprint density at radius 2 is 2.00 bits per heavy atom. The van der Waals surface area contributed by atoms with Crippen LogP contribution >= 0.6 is 11.8 Å². The second kappa shape index (κ2) is 8.59. The zero-order valence-electron chi connectivity index (χ0n) is 13.8. The molecule has 128 valence electrons. The molecule has 0 aliphatic rings. The molecule has 2 aromatic rings. The van der Waals surface area contributed by atoms with Crippen LogP contribution in [0, 0.1) is 5.82 Å². The van der Waals surface area contributed by atoms with E-state index in [9.17, 15) is 9.18 Å². The van der Waals surface area contributed by atoms with E-state index in [1.54, 1.807) is 18.2 Å². The number of hydrogen-bond acceptors (Lipinski definition) is 5. The summed E-state index contributed by atoms with van der Waals surface area (Å²) in [6.07, 6.45) is 1.84. The molecule has 0 radical (unpaired) electrons. The fourth-order valence-electron chi connectivity index (χ4n) is 2.14. The van der Waals surface area contributed by atoms with Crippen molar-refractivity contribution in [2.45, 2.75) is 24.8 Å². The molecule has 0 aromatic heterocycles. The minimum Gasteiger partial charge on any atom is -0.486 e. The molecule has 0 aliphatic heterocycles. The van der Waals surface area contributed by atoms with Gasteiger partial charge in [-0.2, -0.15) is 0 Å². The molecular weight excluding hydrogens is 331 g/mol. The molecule has 0 atom stereocenters. The third-order valence-electron chi connectivity index (χ3n) is 3.45. The van der Waals surface area contributed by atoms with Crippen LogP contribution in [0.5, 0.6) is 11.5 Å². The third-order valence-corrected chi connectivity index (χ3v) is 4.27. The summed E-state index contributed by atoms with van der Waals surface area (Å²) in [7, 11) is 1.24. The molecule has 6 heteroatoms. The molecule has 0 aliphatic carbocycles. The lowest BCUT2D eigenvalue weighted by Gasteiger charge is -2.14. The van der Waals surface area contributed by atoms with Gasteiger partial charge < -0.3 is 14.2 Å². The largest absolute Gasteiger partial charge is 0.513 e. The number of thioether (sulfide) groups is 1. The van der Waals surface area contributed by atoms with Crippen LogP contribution in [0.1, 0.15) is 18.1 Å². The van der Waals surface area contributed by atoms with E-state index in [0.29, 0.717) is 11.3 Å². The summed E-state index contributed by atoms with van der Waals surface area (Å²) in [6.45, 7) is 2.03. The summed E-state index contributed by atoms with van der Waals surface area (Å²) < 4.78 is 29.3. The summed E-state index contributed by atoms with van der Waals surface area (Å²) in [5.74, 6) is 0.0813. The summed E-state index contributed by atoms with van der Waals surface area (Å²) in [4.78, 5) is 12.3. The van der Waals surface area contributed by atoms with E-state index in [4.69, 9.17) is 9.47 Å². The van der Waals surface area contributed by atoms with E-state index in [0.717, 1.165) is 16.9 Å². The van der Waals surface area contributed by atoms with Crippen molar-refractivity contribution in [2.24, 2.45) is 0 Å². The van der Waals surface area contributed by atoms with Gasteiger partial charge in [-0.15, -0.1) is 11.8 Å². The van der Waals surface area contributed by atoms with E-state index in [-0.39, 0.29) is 12.4 Å². The van der Waals surface area contributed by atoms with Gasteiger partial charge in [-0.05, 0) is 42.5 Å². The topological polar surface area (TPSA) is 44.8 Å².